The van der Waals surface area contributed by atoms with Crippen molar-refractivity contribution in [2.24, 2.45) is 0 Å². The van der Waals surface area contributed by atoms with Crippen LogP contribution < -0.4 is 0 Å². The van der Waals surface area contributed by atoms with E-state index < -0.39 is 10.9 Å². The van der Waals surface area contributed by atoms with Gasteiger partial charge < -0.3 is 5.11 Å². The third-order valence-electron chi connectivity index (χ3n) is 2.32. The Hall–Kier alpha value is -2.12. The summed E-state index contributed by atoms with van der Waals surface area (Å²) in [5.41, 5.74) is 0.00660. The SMILES string of the molecule is O=C(O)c1ccnc(Sc2ccc([N+](=O)[O-])cc2Cl)c1. The van der Waals surface area contributed by atoms with Gasteiger partial charge >= 0.3 is 5.97 Å². The Kier molecular flexibility index (Phi) is 4.21. The van der Waals surface area contributed by atoms with Crippen molar-refractivity contribution < 1.29 is 14.8 Å². The van der Waals surface area contributed by atoms with Crippen LogP contribution in [0.25, 0.3) is 0 Å². The van der Waals surface area contributed by atoms with Crippen molar-refractivity contribution >= 4 is 35.0 Å². The van der Waals surface area contributed by atoms with Crippen molar-refractivity contribution in [3.05, 3.63) is 57.2 Å². The number of hydrogen-bond donors (Lipinski definition) is 1. The molecular formula is C12H7ClN2O4S. The summed E-state index contributed by atoms with van der Waals surface area (Å²) in [6.07, 6.45) is 1.38. The Morgan fingerprint density at radius 3 is 2.70 bits per heavy atom. The molecule has 0 atom stereocenters. The van der Waals surface area contributed by atoms with Crippen LogP contribution in [0.5, 0.6) is 0 Å². The van der Waals surface area contributed by atoms with E-state index in [0.29, 0.717) is 9.92 Å². The molecule has 0 aliphatic rings. The van der Waals surface area contributed by atoms with E-state index in [0.717, 1.165) is 11.8 Å². The monoisotopic (exact) mass is 310 g/mol. The lowest BCUT2D eigenvalue weighted by Gasteiger charge is -2.04. The van der Waals surface area contributed by atoms with E-state index in [1.54, 1.807) is 0 Å². The van der Waals surface area contributed by atoms with Gasteiger partial charge in [-0.05, 0) is 18.2 Å². The molecule has 0 amide bonds. The van der Waals surface area contributed by atoms with Gasteiger partial charge in [-0.2, -0.15) is 0 Å². The molecule has 0 bridgehead atoms. The summed E-state index contributed by atoms with van der Waals surface area (Å²) >= 11 is 7.09. The molecular weight excluding hydrogens is 304 g/mol. The van der Waals surface area contributed by atoms with Gasteiger partial charge in [-0.25, -0.2) is 9.78 Å². The van der Waals surface area contributed by atoms with Gasteiger partial charge in [-0.1, -0.05) is 23.4 Å². The number of carboxylic acid groups (broad SMARTS) is 1. The minimum absolute atomic E-state index is 0.105. The number of carboxylic acids is 1. The zero-order chi connectivity index (χ0) is 14.7. The molecule has 0 saturated carbocycles. The Morgan fingerprint density at radius 2 is 2.10 bits per heavy atom. The molecule has 8 heteroatoms. The molecule has 1 aromatic carbocycles. The number of non-ortho nitro benzene ring substituents is 1. The quantitative estimate of drug-likeness (QED) is 0.686. The lowest BCUT2D eigenvalue weighted by molar-refractivity contribution is -0.384. The van der Waals surface area contributed by atoms with E-state index in [-0.39, 0.29) is 16.3 Å². The molecule has 102 valence electrons. The molecule has 0 spiro atoms. The maximum Gasteiger partial charge on any atom is 0.335 e. The number of pyridine rings is 1. The highest BCUT2D eigenvalue weighted by Gasteiger charge is 2.12. The van der Waals surface area contributed by atoms with Crippen molar-refractivity contribution in [1.29, 1.82) is 0 Å². The summed E-state index contributed by atoms with van der Waals surface area (Å²) in [5, 5.41) is 20.2. The number of aromatic carboxylic acids is 1. The van der Waals surface area contributed by atoms with Gasteiger partial charge in [0.2, 0.25) is 0 Å². The summed E-state index contributed by atoms with van der Waals surface area (Å²) in [4.78, 5) is 25.5. The smallest absolute Gasteiger partial charge is 0.335 e. The first-order valence-electron chi connectivity index (χ1n) is 5.28. The van der Waals surface area contributed by atoms with Crippen molar-refractivity contribution in [1.82, 2.24) is 4.98 Å². The van der Waals surface area contributed by atoms with E-state index in [2.05, 4.69) is 4.98 Å². The summed E-state index contributed by atoms with van der Waals surface area (Å²) in [6.45, 7) is 0. The molecule has 6 nitrogen and oxygen atoms in total. The molecule has 0 aliphatic carbocycles. The highest BCUT2D eigenvalue weighted by Crippen LogP contribution is 2.34. The standard InChI is InChI=1S/C12H7ClN2O4S/c13-9-6-8(15(18)19)1-2-10(9)20-11-5-7(12(16)17)3-4-14-11/h1-6H,(H,16,17). The molecule has 0 aliphatic heterocycles. The number of halogens is 1. The number of nitro groups is 1. The Bertz CT molecular complexity index is 693. The van der Waals surface area contributed by atoms with Gasteiger partial charge in [-0.3, -0.25) is 10.1 Å². The highest BCUT2D eigenvalue weighted by atomic mass is 35.5. The fourth-order valence-electron chi connectivity index (χ4n) is 1.40. The van der Waals surface area contributed by atoms with Gasteiger partial charge in [0.05, 0.1) is 15.5 Å². The molecule has 1 N–H and O–H groups in total. The van der Waals surface area contributed by atoms with Crippen LogP contribution >= 0.6 is 23.4 Å². The number of hydrogen-bond acceptors (Lipinski definition) is 5. The fourth-order valence-corrected chi connectivity index (χ4v) is 2.50. The molecule has 2 rings (SSSR count). The van der Waals surface area contributed by atoms with E-state index in [1.165, 1.54) is 36.5 Å². The number of nitro benzene ring substituents is 1. The normalized spacial score (nSPS) is 10.2. The maximum absolute atomic E-state index is 10.9. The topological polar surface area (TPSA) is 93.3 Å². The van der Waals surface area contributed by atoms with Gasteiger partial charge in [0.25, 0.3) is 5.69 Å². The van der Waals surface area contributed by atoms with Crippen LogP contribution in [0.1, 0.15) is 10.4 Å². The second-order valence-electron chi connectivity index (χ2n) is 3.66. The zero-order valence-electron chi connectivity index (χ0n) is 9.82. The van der Waals surface area contributed by atoms with Gasteiger partial charge in [0, 0.05) is 23.2 Å². The van der Waals surface area contributed by atoms with Crippen LogP contribution in [0.15, 0.2) is 46.5 Å². The Labute approximate surface area is 122 Å². The molecule has 1 heterocycles. The van der Waals surface area contributed by atoms with Crippen LogP contribution in [0, 0.1) is 10.1 Å². The molecule has 0 fully saturated rings. The van der Waals surface area contributed by atoms with Crippen LogP contribution in [-0.2, 0) is 0 Å². The van der Waals surface area contributed by atoms with Crippen molar-refractivity contribution in [2.75, 3.05) is 0 Å². The second kappa shape index (κ2) is 5.89. The summed E-state index contributed by atoms with van der Waals surface area (Å²) < 4.78 is 0. The number of benzene rings is 1. The van der Waals surface area contributed by atoms with E-state index in [9.17, 15) is 14.9 Å². The Morgan fingerprint density at radius 1 is 1.35 bits per heavy atom. The van der Waals surface area contributed by atoms with Gasteiger partial charge in [-0.15, -0.1) is 0 Å². The Balaban J connectivity index is 2.28. The first-order valence-corrected chi connectivity index (χ1v) is 6.48. The molecule has 2 aromatic rings. The highest BCUT2D eigenvalue weighted by molar-refractivity contribution is 7.99. The van der Waals surface area contributed by atoms with Crippen LogP contribution in [-0.4, -0.2) is 21.0 Å². The van der Waals surface area contributed by atoms with E-state index in [4.69, 9.17) is 16.7 Å². The van der Waals surface area contributed by atoms with Crippen LogP contribution in [0.3, 0.4) is 0 Å². The molecule has 0 radical (unpaired) electrons. The van der Waals surface area contributed by atoms with Crippen molar-refractivity contribution in [3.63, 3.8) is 0 Å². The largest absolute Gasteiger partial charge is 0.478 e. The summed E-state index contributed by atoms with van der Waals surface area (Å²) in [5.74, 6) is -1.05. The lowest BCUT2D eigenvalue weighted by atomic mass is 10.3. The zero-order valence-corrected chi connectivity index (χ0v) is 11.4. The molecule has 20 heavy (non-hydrogen) atoms. The van der Waals surface area contributed by atoms with Gasteiger partial charge in [0.15, 0.2) is 0 Å². The molecule has 1 aromatic heterocycles. The first kappa shape index (κ1) is 14.3. The fraction of sp³-hybridized carbons (Fsp3) is 0. The summed E-state index contributed by atoms with van der Waals surface area (Å²) in [6, 6.07) is 6.86. The first-order chi connectivity index (χ1) is 9.47. The predicted octanol–water partition coefficient (Wildman–Crippen LogP) is 3.49. The van der Waals surface area contributed by atoms with Crippen molar-refractivity contribution in [2.45, 2.75) is 9.92 Å². The minimum atomic E-state index is -1.05. The average molecular weight is 311 g/mol. The molecule has 0 unspecified atom stereocenters. The van der Waals surface area contributed by atoms with Crippen LogP contribution in [0.4, 0.5) is 5.69 Å². The number of nitrogens with zero attached hydrogens (tertiary/aromatic N) is 2. The predicted molar refractivity (Wildman–Crippen MR) is 73.4 cm³/mol. The summed E-state index contributed by atoms with van der Waals surface area (Å²) in [7, 11) is 0. The number of carbonyl (C=O) groups is 1. The minimum Gasteiger partial charge on any atom is -0.478 e. The number of rotatable bonds is 4. The van der Waals surface area contributed by atoms with Gasteiger partial charge in [0.1, 0.15) is 5.03 Å². The van der Waals surface area contributed by atoms with Crippen LogP contribution in [0.2, 0.25) is 5.02 Å². The van der Waals surface area contributed by atoms with E-state index in [1.807, 2.05) is 0 Å². The van der Waals surface area contributed by atoms with Crippen molar-refractivity contribution in [3.8, 4) is 0 Å². The lowest BCUT2D eigenvalue weighted by Crippen LogP contribution is -1.96. The number of aromatic nitrogens is 1. The second-order valence-corrected chi connectivity index (χ2v) is 5.13. The maximum atomic E-state index is 10.9. The molecule has 0 saturated heterocycles. The van der Waals surface area contributed by atoms with E-state index >= 15 is 0 Å². The third-order valence-corrected chi connectivity index (χ3v) is 3.76. The average Bonchev–Trinajstić information content (AvgIpc) is 2.41. The third kappa shape index (κ3) is 3.25.